The van der Waals surface area contributed by atoms with Crippen molar-refractivity contribution in [1.29, 1.82) is 0 Å². The van der Waals surface area contributed by atoms with E-state index in [9.17, 15) is 9.18 Å². The average Bonchev–Trinajstić information content (AvgIpc) is 2.79. The number of rotatable bonds is 2. The molecule has 0 aliphatic heterocycles. The minimum atomic E-state index is -0.824. The Balaban J connectivity index is 2.23. The van der Waals surface area contributed by atoms with E-state index in [1.54, 1.807) is 6.07 Å². The molecule has 74 valence electrons. The molecule has 1 aromatic rings. The molecule has 0 spiro atoms. The molecule has 2 atom stereocenters. The number of hydrogen-bond acceptors (Lipinski definition) is 1. The lowest BCUT2D eigenvalue weighted by atomic mass is 10.1. The zero-order chi connectivity index (χ0) is 10.3. The Kier molecular flexibility index (Phi) is 2.19. The molecular formula is C10H8ClFO2. The van der Waals surface area contributed by atoms with Gasteiger partial charge in [-0.25, -0.2) is 4.39 Å². The molecule has 1 saturated carbocycles. The first-order valence-corrected chi connectivity index (χ1v) is 4.64. The van der Waals surface area contributed by atoms with Gasteiger partial charge in [-0.05, 0) is 36.1 Å². The van der Waals surface area contributed by atoms with Gasteiger partial charge in [0, 0.05) is 5.02 Å². The zero-order valence-electron chi connectivity index (χ0n) is 7.21. The van der Waals surface area contributed by atoms with Crippen molar-refractivity contribution < 1.29 is 14.3 Å². The second-order valence-corrected chi connectivity index (χ2v) is 3.93. The lowest BCUT2D eigenvalue weighted by Crippen LogP contribution is -1.99. The van der Waals surface area contributed by atoms with E-state index in [-0.39, 0.29) is 11.8 Å². The van der Waals surface area contributed by atoms with Crippen LogP contribution in [0.4, 0.5) is 4.39 Å². The van der Waals surface area contributed by atoms with Crippen molar-refractivity contribution in [1.82, 2.24) is 0 Å². The highest BCUT2D eigenvalue weighted by Gasteiger charge is 2.44. The summed E-state index contributed by atoms with van der Waals surface area (Å²) in [6.07, 6.45) is 0.578. The van der Waals surface area contributed by atoms with Gasteiger partial charge < -0.3 is 5.11 Å². The molecule has 0 unspecified atom stereocenters. The van der Waals surface area contributed by atoms with E-state index in [2.05, 4.69) is 0 Å². The minimum absolute atomic E-state index is 0.0688. The molecule has 1 aromatic carbocycles. The first-order valence-electron chi connectivity index (χ1n) is 4.26. The zero-order valence-corrected chi connectivity index (χ0v) is 7.96. The molecule has 2 rings (SSSR count). The summed E-state index contributed by atoms with van der Waals surface area (Å²) in [6.45, 7) is 0. The summed E-state index contributed by atoms with van der Waals surface area (Å²) < 4.78 is 12.9. The number of hydrogen-bond donors (Lipinski definition) is 1. The van der Waals surface area contributed by atoms with E-state index in [1.165, 1.54) is 12.1 Å². The van der Waals surface area contributed by atoms with Gasteiger partial charge in [-0.15, -0.1) is 0 Å². The first kappa shape index (κ1) is 9.46. The van der Waals surface area contributed by atoms with Crippen molar-refractivity contribution >= 4 is 17.6 Å². The summed E-state index contributed by atoms with van der Waals surface area (Å²) in [5.41, 5.74) is 0.683. The summed E-state index contributed by atoms with van der Waals surface area (Å²) in [5.74, 6) is -1.67. The molecule has 1 fully saturated rings. The van der Waals surface area contributed by atoms with Crippen LogP contribution in [0.5, 0.6) is 0 Å². The quantitative estimate of drug-likeness (QED) is 0.822. The Labute approximate surface area is 85.3 Å². The van der Waals surface area contributed by atoms with Gasteiger partial charge in [0.15, 0.2) is 0 Å². The predicted octanol–water partition coefficient (Wildman–Crippen LogP) is 2.67. The number of benzene rings is 1. The summed E-state index contributed by atoms with van der Waals surface area (Å²) in [6, 6.07) is 4.18. The van der Waals surface area contributed by atoms with Crippen LogP contribution in [0.3, 0.4) is 0 Å². The van der Waals surface area contributed by atoms with Gasteiger partial charge in [-0.1, -0.05) is 11.6 Å². The fraction of sp³-hybridized carbons (Fsp3) is 0.300. The van der Waals surface area contributed by atoms with Crippen molar-refractivity contribution in [3.05, 3.63) is 34.6 Å². The third-order valence-corrected chi connectivity index (χ3v) is 2.64. The highest BCUT2D eigenvalue weighted by molar-refractivity contribution is 6.30. The van der Waals surface area contributed by atoms with Crippen LogP contribution in [0, 0.1) is 11.7 Å². The van der Waals surface area contributed by atoms with E-state index in [4.69, 9.17) is 16.7 Å². The van der Waals surface area contributed by atoms with Gasteiger partial charge in [-0.2, -0.15) is 0 Å². The number of carbonyl (C=O) groups is 1. The Morgan fingerprint density at radius 2 is 2.21 bits per heavy atom. The van der Waals surface area contributed by atoms with E-state index >= 15 is 0 Å². The predicted molar refractivity (Wildman–Crippen MR) is 49.9 cm³/mol. The molecule has 1 aliphatic carbocycles. The number of halogens is 2. The standard InChI is InChI=1S/C10H8ClFO2/c11-6-1-5(2-7(12)3-6)8-4-9(8)10(13)14/h1-3,8-9H,4H2,(H,13,14)/t8-,9+/m1/s1. The van der Waals surface area contributed by atoms with Crippen molar-refractivity contribution in [3.63, 3.8) is 0 Å². The summed E-state index contributed by atoms with van der Waals surface area (Å²) in [7, 11) is 0. The van der Waals surface area contributed by atoms with Gasteiger partial charge in [0.25, 0.3) is 0 Å². The van der Waals surface area contributed by atoms with Crippen molar-refractivity contribution in [3.8, 4) is 0 Å². The van der Waals surface area contributed by atoms with Crippen molar-refractivity contribution in [2.24, 2.45) is 5.92 Å². The lowest BCUT2D eigenvalue weighted by molar-refractivity contribution is -0.138. The Morgan fingerprint density at radius 3 is 2.71 bits per heavy atom. The minimum Gasteiger partial charge on any atom is -0.481 e. The highest BCUT2D eigenvalue weighted by Crippen LogP contribution is 2.48. The van der Waals surface area contributed by atoms with Crippen LogP contribution in [-0.4, -0.2) is 11.1 Å². The van der Waals surface area contributed by atoms with Crippen LogP contribution in [0.1, 0.15) is 17.9 Å². The fourth-order valence-electron chi connectivity index (χ4n) is 1.63. The third kappa shape index (κ3) is 1.73. The van der Waals surface area contributed by atoms with Crippen LogP contribution in [0.15, 0.2) is 18.2 Å². The van der Waals surface area contributed by atoms with E-state index in [1.807, 2.05) is 0 Å². The Morgan fingerprint density at radius 1 is 1.50 bits per heavy atom. The maximum absolute atomic E-state index is 12.9. The molecule has 0 bridgehead atoms. The highest BCUT2D eigenvalue weighted by atomic mass is 35.5. The molecule has 1 N–H and O–H groups in total. The monoisotopic (exact) mass is 214 g/mol. The summed E-state index contributed by atoms with van der Waals surface area (Å²) >= 11 is 5.66. The second-order valence-electron chi connectivity index (χ2n) is 3.49. The van der Waals surface area contributed by atoms with Gasteiger partial charge in [0.2, 0.25) is 0 Å². The molecule has 2 nitrogen and oxygen atoms in total. The van der Waals surface area contributed by atoms with Crippen LogP contribution in [-0.2, 0) is 4.79 Å². The smallest absolute Gasteiger partial charge is 0.307 e. The first-order chi connectivity index (χ1) is 6.58. The van der Waals surface area contributed by atoms with Gasteiger partial charge in [0.1, 0.15) is 5.82 Å². The molecule has 4 heteroatoms. The van der Waals surface area contributed by atoms with Crippen LogP contribution < -0.4 is 0 Å². The SMILES string of the molecule is O=C(O)[C@H]1C[C@@H]1c1cc(F)cc(Cl)c1. The fourth-order valence-corrected chi connectivity index (χ4v) is 1.86. The average molecular weight is 215 g/mol. The van der Waals surface area contributed by atoms with Gasteiger partial charge in [-0.3, -0.25) is 4.79 Å². The number of carboxylic acids is 1. The lowest BCUT2D eigenvalue weighted by Gasteiger charge is -1.99. The molecule has 0 heterocycles. The maximum atomic E-state index is 12.9. The van der Waals surface area contributed by atoms with Crippen LogP contribution in [0.25, 0.3) is 0 Å². The van der Waals surface area contributed by atoms with E-state index in [0.29, 0.717) is 17.0 Å². The van der Waals surface area contributed by atoms with Crippen molar-refractivity contribution in [2.45, 2.75) is 12.3 Å². The largest absolute Gasteiger partial charge is 0.481 e. The molecule has 0 amide bonds. The molecular weight excluding hydrogens is 207 g/mol. The summed E-state index contributed by atoms with van der Waals surface area (Å²) in [5, 5.41) is 9.01. The van der Waals surface area contributed by atoms with E-state index < -0.39 is 11.8 Å². The normalized spacial score (nSPS) is 24.7. The molecule has 0 aromatic heterocycles. The van der Waals surface area contributed by atoms with Crippen molar-refractivity contribution in [2.75, 3.05) is 0 Å². The van der Waals surface area contributed by atoms with Gasteiger partial charge in [0.05, 0.1) is 5.92 Å². The maximum Gasteiger partial charge on any atom is 0.307 e. The Bertz CT molecular complexity index is 371. The molecule has 0 radical (unpaired) electrons. The second kappa shape index (κ2) is 3.24. The topological polar surface area (TPSA) is 37.3 Å². The Hall–Kier alpha value is -1.09. The third-order valence-electron chi connectivity index (χ3n) is 2.42. The summed E-state index contributed by atoms with van der Waals surface area (Å²) in [4.78, 5) is 10.6. The van der Waals surface area contributed by atoms with Crippen LogP contribution >= 0.6 is 11.6 Å². The van der Waals surface area contributed by atoms with Gasteiger partial charge >= 0.3 is 5.97 Å². The van der Waals surface area contributed by atoms with E-state index in [0.717, 1.165) is 0 Å². The molecule has 0 saturated heterocycles. The molecule has 1 aliphatic rings. The molecule has 14 heavy (non-hydrogen) atoms. The number of carboxylic acid groups (broad SMARTS) is 1. The number of aliphatic carboxylic acids is 1. The van der Waals surface area contributed by atoms with Crippen LogP contribution in [0.2, 0.25) is 5.02 Å².